The van der Waals surface area contributed by atoms with Crippen LogP contribution in [0.15, 0.2) is 34.3 Å². The third kappa shape index (κ3) is 3.57. The molecule has 0 atom stereocenters. The zero-order valence-electron chi connectivity index (χ0n) is 13.5. The molecule has 0 unspecified atom stereocenters. The zero-order valence-corrected chi connectivity index (χ0v) is 14.3. The highest BCUT2D eigenvalue weighted by Gasteiger charge is 2.21. The van der Waals surface area contributed by atoms with Crippen molar-refractivity contribution < 1.29 is 4.52 Å². The average molecular weight is 343 g/mol. The van der Waals surface area contributed by atoms with Crippen LogP contribution in [-0.2, 0) is 6.42 Å². The predicted molar refractivity (Wildman–Crippen MR) is 92.9 cm³/mol. The predicted octanol–water partition coefficient (Wildman–Crippen LogP) is 3.33. The first kappa shape index (κ1) is 15.5. The maximum absolute atomic E-state index is 5.36. The minimum absolute atomic E-state index is 0.632. The number of rotatable bonds is 6. The van der Waals surface area contributed by atoms with Gasteiger partial charge in [-0.1, -0.05) is 11.2 Å². The lowest BCUT2D eigenvalue weighted by atomic mass is 9.93. The standard InChI is InChI=1S/C17H21N5OS/c1(4-16-19-17(21-23-16)15-3-2-12-24-15)9-22-10-6-13(7-11-22)14-5-8-18-20-14/h2-3,5,8,12-13H,1,4,6-7,9-11H2,(H,18,20). The van der Waals surface area contributed by atoms with Crippen molar-refractivity contribution in [3.63, 3.8) is 0 Å². The lowest BCUT2D eigenvalue weighted by molar-refractivity contribution is 0.206. The van der Waals surface area contributed by atoms with Gasteiger partial charge in [0.15, 0.2) is 0 Å². The van der Waals surface area contributed by atoms with Gasteiger partial charge < -0.3 is 9.42 Å². The molecule has 126 valence electrons. The summed E-state index contributed by atoms with van der Waals surface area (Å²) in [6.07, 6.45) is 6.15. The molecule has 0 saturated carbocycles. The summed E-state index contributed by atoms with van der Waals surface area (Å²) in [4.78, 5) is 8.08. The van der Waals surface area contributed by atoms with E-state index >= 15 is 0 Å². The van der Waals surface area contributed by atoms with Crippen molar-refractivity contribution in [2.75, 3.05) is 19.6 Å². The van der Waals surface area contributed by atoms with Gasteiger partial charge in [0.2, 0.25) is 11.7 Å². The summed E-state index contributed by atoms with van der Waals surface area (Å²) in [5.41, 5.74) is 1.28. The molecule has 0 bridgehead atoms. The van der Waals surface area contributed by atoms with E-state index in [1.54, 1.807) is 11.3 Å². The van der Waals surface area contributed by atoms with Crippen LogP contribution >= 0.6 is 11.3 Å². The summed E-state index contributed by atoms with van der Waals surface area (Å²) in [5, 5.41) is 13.3. The highest BCUT2D eigenvalue weighted by molar-refractivity contribution is 7.13. The molecule has 3 aromatic rings. The largest absolute Gasteiger partial charge is 0.339 e. The third-order valence-electron chi connectivity index (χ3n) is 4.62. The third-order valence-corrected chi connectivity index (χ3v) is 5.49. The van der Waals surface area contributed by atoms with Gasteiger partial charge in [0.1, 0.15) is 0 Å². The van der Waals surface area contributed by atoms with Crippen LogP contribution in [0, 0.1) is 0 Å². The Balaban J connectivity index is 1.21. The van der Waals surface area contributed by atoms with Crippen LogP contribution in [0.1, 0.15) is 36.8 Å². The number of hydrogen-bond acceptors (Lipinski definition) is 6. The van der Waals surface area contributed by atoms with Gasteiger partial charge in [0, 0.05) is 24.2 Å². The second-order valence-electron chi connectivity index (χ2n) is 6.22. The number of H-pyrrole nitrogens is 1. The maximum atomic E-state index is 5.36. The molecule has 4 rings (SSSR count). The molecule has 3 aromatic heterocycles. The van der Waals surface area contributed by atoms with E-state index in [1.807, 2.05) is 23.7 Å². The van der Waals surface area contributed by atoms with Crippen molar-refractivity contribution in [3.05, 3.63) is 41.4 Å². The molecule has 1 saturated heterocycles. The van der Waals surface area contributed by atoms with Crippen molar-refractivity contribution in [2.45, 2.75) is 31.6 Å². The summed E-state index contributed by atoms with van der Waals surface area (Å²) >= 11 is 1.63. The van der Waals surface area contributed by atoms with Crippen LogP contribution in [-0.4, -0.2) is 44.9 Å². The Morgan fingerprint density at radius 3 is 2.96 bits per heavy atom. The number of aryl methyl sites for hydroxylation is 1. The molecule has 1 aliphatic heterocycles. The Morgan fingerprint density at radius 2 is 2.21 bits per heavy atom. The lowest BCUT2D eigenvalue weighted by Gasteiger charge is -2.31. The van der Waals surface area contributed by atoms with Crippen molar-refractivity contribution in [2.24, 2.45) is 0 Å². The quantitative estimate of drug-likeness (QED) is 0.743. The summed E-state index contributed by atoms with van der Waals surface area (Å²) in [7, 11) is 0. The van der Waals surface area contributed by atoms with Crippen LogP contribution in [0.2, 0.25) is 0 Å². The monoisotopic (exact) mass is 343 g/mol. The van der Waals surface area contributed by atoms with Gasteiger partial charge in [-0.2, -0.15) is 10.1 Å². The van der Waals surface area contributed by atoms with Gasteiger partial charge in [0.05, 0.1) is 4.88 Å². The van der Waals surface area contributed by atoms with Gasteiger partial charge in [-0.05, 0) is 56.4 Å². The molecule has 1 N–H and O–H groups in total. The number of thiophene rings is 1. The molecule has 0 aromatic carbocycles. The molecular formula is C17H21N5OS. The Bertz CT molecular complexity index is 729. The Kier molecular flexibility index (Phi) is 4.71. The van der Waals surface area contributed by atoms with E-state index in [0.717, 1.165) is 43.2 Å². The number of likely N-dealkylation sites (tertiary alicyclic amines) is 1. The number of aromatic amines is 1. The number of hydrogen-bond donors (Lipinski definition) is 1. The van der Waals surface area contributed by atoms with E-state index in [-0.39, 0.29) is 0 Å². The van der Waals surface area contributed by atoms with Crippen LogP contribution in [0.3, 0.4) is 0 Å². The van der Waals surface area contributed by atoms with E-state index in [2.05, 4.69) is 31.3 Å². The molecule has 1 fully saturated rings. The first-order chi connectivity index (χ1) is 11.9. The van der Waals surface area contributed by atoms with E-state index < -0.39 is 0 Å². The van der Waals surface area contributed by atoms with Crippen LogP contribution < -0.4 is 0 Å². The summed E-state index contributed by atoms with van der Waals surface area (Å²) in [6, 6.07) is 6.12. The fraction of sp³-hybridized carbons (Fsp3) is 0.471. The zero-order chi connectivity index (χ0) is 16.2. The van der Waals surface area contributed by atoms with Gasteiger partial charge in [-0.25, -0.2) is 0 Å². The molecule has 1 aliphatic rings. The molecule has 7 heteroatoms. The SMILES string of the molecule is c1csc(-c2noc(CCCN3CCC(c4ccn[nH]4)CC3)n2)c1. The highest BCUT2D eigenvalue weighted by Crippen LogP contribution is 2.26. The Morgan fingerprint density at radius 1 is 1.29 bits per heavy atom. The molecule has 4 heterocycles. The number of nitrogens with one attached hydrogen (secondary N) is 1. The second-order valence-corrected chi connectivity index (χ2v) is 7.17. The first-order valence-electron chi connectivity index (χ1n) is 8.46. The lowest BCUT2D eigenvalue weighted by Crippen LogP contribution is -2.34. The highest BCUT2D eigenvalue weighted by atomic mass is 32.1. The fourth-order valence-corrected chi connectivity index (χ4v) is 3.93. The number of piperidine rings is 1. The van der Waals surface area contributed by atoms with E-state index in [9.17, 15) is 0 Å². The molecule has 6 nitrogen and oxygen atoms in total. The smallest absolute Gasteiger partial charge is 0.227 e. The van der Waals surface area contributed by atoms with Crippen molar-refractivity contribution in [1.29, 1.82) is 0 Å². The molecule has 0 spiro atoms. The summed E-state index contributed by atoms with van der Waals surface area (Å²) in [6.45, 7) is 3.38. The van der Waals surface area contributed by atoms with E-state index in [4.69, 9.17) is 4.52 Å². The van der Waals surface area contributed by atoms with Crippen molar-refractivity contribution in [3.8, 4) is 10.7 Å². The fourth-order valence-electron chi connectivity index (χ4n) is 3.28. The molecule has 0 aliphatic carbocycles. The Labute approximate surface area is 144 Å². The van der Waals surface area contributed by atoms with Gasteiger partial charge in [0.25, 0.3) is 0 Å². The summed E-state index contributed by atoms with van der Waals surface area (Å²) < 4.78 is 5.36. The molecule has 0 amide bonds. The van der Waals surface area contributed by atoms with Crippen LogP contribution in [0.25, 0.3) is 10.7 Å². The molecule has 24 heavy (non-hydrogen) atoms. The van der Waals surface area contributed by atoms with Crippen molar-refractivity contribution >= 4 is 11.3 Å². The normalized spacial score (nSPS) is 16.7. The van der Waals surface area contributed by atoms with Crippen LogP contribution in [0.5, 0.6) is 0 Å². The Hall–Kier alpha value is -1.99. The van der Waals surface area contributed by atoms with E-state index in [1.165, 1.54) is 18.5 Å². The first-order valence-corrected chi connectivity index (χ1v) is 9.34. The topological polar surface area (TPSA) is 70.8 Å². The van der Waals surface area contributed by atoms with Gasteiger partial charge >= 0.3 is 0 Å². The van der Waals surface area contributed by atoms with Crippen LogP contribution in [0.4, 0.5) is 0 Å². The number of nitrogens with zero attached hydrogens (tertiary/aromatic N) is 4. The van der Waals surface area contributed by atoms with Crippen molar-refractivity contribution in [1.82, 2.24) is 25.2 Å². The average Bonchev–Trinajstić information content (AvgIpc) is 3.37. The minimum Gasteiger partial charge on any atom is -0.339 e. The second kappa shape index (κ2) is 7.27. The number of aromatic nitrogens is 4. The van der Waals surface area contributed by atoms with Gasteiger partial charge in [-0.15, -0.1) is 11.3 Å². The minimum atomic E-state index is 0.632. The molecule has 0 radical (unpaired) electrons. The van der Waals surface area contributed by atoms with Gasteiger partial charge in [-0.3, -0.25) is 5.10 Å². The van der Waals surface area contributed by atoms with E-state index in [0.29, 0.717) is 11.7 Å². The maximum Gasteiger partial charge on any atom is 0.227 e. The summed E-state index contributed by atoms with van der Waals surface area (Å²) in [5.74, 6) is 2.08. The molecular weight excluding hydrogens is 322 g/mol.